The Morgan fingerprint density at radius 2 is 2.11 bits per heavy atom. The number of pyridine rings is 1. The largest absolute Gasteiger partial charge is 0.391 e. The van der Waals surface area contributed by atoms with E-state index in [4.69, 9.17) is 10.1 Å². The molecule has 4 heteroatoms. The van der Waals surface area contributed by atoms with E-state index in [9.17, 15) is 0 Å². The summed E-state index contributed by atoms with van der Waals surface area (Å²) in [7, 11) is 0. The van der Waals surface area contributed by atoms with E-state index in [1.54, 1.807) is 19.2 Å². The third-order valence-electron chi connectivity index (χ3n) is 2.61. The van der Waals surface area contributed by atoms with Gasteiger partial charge in [0.1, 0.15) is 12.7 Å². The summed E-state index contributed by atoms with van der Waals surface area (Å²) in [4.78, 5) is 9.20. The summed E-state index contributed by atoms with van der Waals surface area (Å²) in [6.07, 6.45) is 3.15. The molecule has 0 bridgehead atoms. The maximum atomic E-state index is 8.98. The van der Waals surface area contributed by atoms with Crippen LogP contribution in [0.1, 0.15) is 23.6 Å². The third-order valence-corrected chi connectivity index (χ3v) is 2.61. The minimum Gasteiger partial charge on any atom is -0.391 e. The van der Waals surface area contributed by atoms with Crippen LogP contribution in [0.4, 0.5) is 0 Å². The lowest BCUT2D eigenvalue weighted by Crippen LogP contribution is -2.00. The number of hydrogen-bond acceptors (Lipinski definition) is 4. The van der Waals surface area contributed by atoms with E-state index in [2.05, 4.69) is 16.2 Å². The van der Waals surface area contributed by atoms with E-state index in [1.807, 2.05) is 30.3 Å². The molecular weight excluding hydrogens is 238 g/mol. The van der Waals surface area contributed by atoms with Gasteiger partial charge >= 0.3 is 0 Å². The molecule has 0 fully saturated rings. The SMILES string of the molecule is C/C(=N\OCc1ccccc1)c1ccncc1C#N. The molecule has 4 nitrogen and oxygen atoms in total. The summed E-state index contributed by atoms with van der Waals surface area (Å²) < 4.78 is 0. The number of aromatic nitrogens is 1. The second-order valence-electron chi connectivity index (χ2n) is 3.97. The molecule has 0 saturated carbocycles. The van der Waals surface area contributed by atoms with E-state index in [1.165, 1.54) is 6.20 Å². The van der Waals surface area contributed by atoms with Crippen LogP contribution in [0.2, 0.25) is 0 Å². The maximum absolute atomic E-state index is 8.98. The molecular formula is C15H13N3O. The highest BCUT2D eigenvalue weighted by Crippen LogP contribution is 2.08. The lowest BCUT2D eigenvalue weighted by molar-refractivity contribution is 0.130. The van der Waals surface area contributed by atoms with Crippen molar-refractivity contribution >= 4 is 5.71 Å². The smallest absolute Gasteiger partial charge is 0.142 e. The Hall–Kier alpha value is -2.67. The summed E-state index contributed by atoms with van der Waals surface area (Å²) in [5.41, 5.74) is 2.95. The number of benzene rings is 1. The summed E-state index contributed by atoms with van der Waals surface area (Å²) in [5.74, 6) is 0. The molecule has 94 valence electrons. The fraction of sp³-hybridized carbons (Fsp3) is 0.133. The van der Waals surface area contributed by atoms with Gasteiger partial charge in [-0.15, -0.1) is 0 Å². The Bertz CT molecular complexity index is 615. The summed E-state index contributed by atoms with van der Waals surface area (Å²) in [5, 5.41) is 13.0. The Morgan fingerprint density at radius 1 is 1.32 bits per heavy atom. The van der Waals surface area contributed by atoms with Crippen molar-refractivity contribution < 1.29 is 4.84 Å². The van der Waals surface area contributed by atoms with Crippen molar-refractivity contribution in [2.75, 3.05) is 0 Å². The van der Waals surface area contributed by atoms with E-state index >= 15 is 0 Å². The number of oxime groups is 1. The lowest BCUT2D eigenvalue weighted by Gasteiger charge is -2.03. The van der Waals surface area contributed by atoms with Crippen LogP contribution in [-0.4, -0.2) is 10.7 Å². The predicted molar refractivity (Wildman–Crippen MR) is 72.4 cm³/mol. The maximum Gasteiger partial charge on any atom is 0.142 e. The van der Waals surface area contributed by atoms with Crippen LogP contribution in [0.5, 0.6) is 0 Å². The average molecular weight is 251 g/mol. The van der Waals surface area contributed by atoms with Crippen molar-refractivity contribution in [2.24, 2.45) is 5.16 Å². The highest BCUT2D eigenvalue weighted by atomic mass is 16.6. The molecule has 0 aliphatic carbocycles. The van der Waals surface area contributed by atoms with E-state index in [0.29, 0.717) is 17.9 Å². The van der Waals surface area contributed by atoms with Gasteiger partial charge in [-0.3, -0.25) is 4.98 Å². The molecule has 2 rings (SSSR count). The molecule has 0 atom stereocenters. The van der Waals surface area contributed by atoms with Crippen LogP contribution >= 0.6 is 0 Å². The first-order valence-corrected chi connectivity index (χ1v) is 5.86. The standard InChI is InChI=1S/C15H13N3O/c1-12(15-7-8-17-10-14(15)9-16)18-19-11-13-5-3-2-4-6-13/h2-8,10H,11H2,1H3/b18-12+. The van der Waals surface area contributed by atoms with Gasteiger partial charge in [0.2, 0.25) is 0 Å². The quantitative estimate of drug-likeness (QED) is 0.620. The van der Waals surface area contributed by atoms with Crippen LogP contribution < -0.4 is 0 Å². The van der Waals surface area contributed by atoms with Crippen LogP contribution in [0.25, 0.3) is 0 Å². The van der Waals surface area contributed by atoms with Crippen LogP contribution in [0.15, 0.2) is 53.9 Å². The second kappa shape index (κ2) is 6.31. The van der Waals surface area contributed by atoms with Gasteiger partial charge in [-0.25, -0.2) is 0 Å². The average Bonchev–Trinajstić information content (AvgIpc) is 2.48. The molecule has 0 spiro atoms. The van der Waals surface area contributed by atoms with Crippen LogP contribution in [0, 0.1) is 11.3 Å². The van der Waals surface area contributed by atoms with Crippen molar-refractivity contribution in [3.05, 3.63) is 65.5 Å². The molecule has 1 heterocycles. The van der Waals surface area contributed by atoms with Gasteiger partial charge in [0.25, 0.3) is 0 Å². The highest BCUT2D eigenvalue weighted by molar-refractivity contribution is 6.00. The number of nitriles is 1. The lowest BCUT2D eigenvalue weighted by atomic mass is 10.1. The first-order valence-electron chi connectivity index (χ1n) is 5.86. The zero-order valence-corrected chi connectivity index (χ0v) is 10.6. The Kier molecular flexibility index (Phi) is 4.25. The van der Waals surface area contributed by atoms with Gasteiger partial charge < -0.3 is 4.84 Å². The predicted octanol–water partition coefficient (Wildman–Crippen LogP) is 2.89. The molecule has 19 heavy (non-hydrogen) atoms. The summed E-state index contributed by atoms with van der Waals surface area (Å²) in [6, 6.07) is 13.6. The normalized spacial score (nSPS) is 10.8. The molecule has 0 amide bonds. The van der Waals surface area contributed by atoms with Crippen molar-refractivity contribution in [3.63, 3.8) is 0 Å². The Balaban J connectivity index is 2.06. The first-order chi connectivity index (χ1) is 9.31. The monoisotopic (exact) mass is 251 g/mol. The Morgan fingerprint density at radius 3 is 2.84 bits per heavy atom. The van der Waals surface area contributed by atoms with E-state index in [0.717, 1.165) is 11.1 Å². The van der Waals surface area contributed by atoms with Gasteiger partial charge in [-0.2, -0.15) is 5.26 Å². The zero-order valence-electron chi connectivity index (χ0n) is 10.6. The molecule has 2 aromatic rings. The molecule has 0 N–H and O–H groups in total. The van der Waals surface area contributed by atoms with Crippen molar-refractivity contribution in [1.82, 2.24) is 4.98 Å². The van der Waals surface area contributed by atoms with Gasteiger partial charge in [0, 0.05) is 18.0 Å². The second-order valence-corrected chi connectivity index (χ2v) is 3.97. The Labute approximate surface area is 112 Å². The molecule has 0 radical (unpaired) electrons. The highest BCUT2D eigenvalue weighted by Gasteiger charge is 2.05. The molecule has 1 aromatic heterocycles. The van der Waals surface area contributed by atoms with Gasteiger partial charge in [-0.05, 0) is 18.6 Å². The molecule has 1 aromatic carbocycles. The van der Waals surface area contributed by atoms with Gasteiger partial charge in [0.05, 0.1) is 11.3 Å². The van der Waals surface area contributed by atoms with Crippen molar-refractivity contribution in [1.29, 1.82) is 5.26 Å². The summed E-state index contributed by atoms with van der Waals surface area (Å²) >= 11 is 0. The zero-order chi connectivity index (χ0) is 13.5. The van der Waals surface area contributed by atoms with Crippen molar-refractivity contribution in [3.8, 4) is 6.07 Å². The minimum absolute atomic E-state index is 0.408. The summed E-state index contributed by atoms with van der Waals surface area (Å²) in [6.45, 7) is 2.21. The topological polar surface area (TPSA) is 58.3 Å². The minimum atomic E-state index is 0.408. The molecule has 0 unspecified atom stereocenters. The van der Waals surface area contributed by atoms with Gasteiger partial charge in [-0.1, -0.05) is 35.5 Å². The molecule has 0 saturated heterocycles. The van der Waals surface area contributed by atoms with Gasteiger partial charge in [0.15, 0.2) is 0 Å². The van der Waals surface area contributed by atoms with Crippen LogP contribution in [0.3, 0.4) is 0 Å². The number of rotatable bonds is 4. The van der Waals surface area contributed by atoms with E-state index in [-0.39, 0.29) is 0 Å². The third kappa shape index (κ3) is 3.39. The fourth-order valence-corrected chi connectivity index (χ4v) is 1.63. The number of hydrogen-bond donors (Lipinski definition) is 0. The van der Waals surface area contributed by atoms with E-state index < -0.39 is 0 Å². The molecule has 0 aliphatic heterocycles. The van der Waals surface area contributed by atoms with Crippen molar-refractivity contribution in [2.45, 2.75) is 13.5 Å². The fourth-order valence-electron chi connectivity index (χ4n) is 1.63. The number of nitrogens with zero attached hydrogens (tertiary/aromatic N) is 3. The first kappa shape index (κ1) is 12.8. The van der Waals surface area contributed by atoms with Crippen LogP contribution in [-0.2, 0) is 11.4 Å². The molecule has 0 aliphatic rings.